The van der Waals surface area contributed by atoms with Gasteiger partial charge < -0.3 is 19.7 Å². The van der Waals surface area contributed by atoms with Gasteiger partial charge in [0.2, 0.25) is 0 Å². The van der Waals surface area contributed by atoms with Crippen molar-refractivity contribution in [2.45, 2.75) is 12.8 Å². The molecule has 0 saturated carbocycles. The van der Waals surface area contributed by atoms with Crippen LogP contribution in [0, 0.1) is 0 Å². The van der Waals surface area contributed by atoms with Crippen molar-refractivity contribution in [1.82, 2.24) is 15.2 Å². The van der Waals surface area contributed by atoms with E-state index in [9.17, 15) is 9.59 Å². The van der Waals surface area contributed by atoms with Gasteiger partial charge in [0.05, 0.1) is 13.7 Å². The number of nitrogens with zero attached hydrogens (tertiary/aromatic N) is 2. The highest BCUT2D eigenvalue weighted by atomic mass is 16.5. The van der Waals surface area contributed by atoms with Crippen molar-refractivity contribution < 1.29 is 19.1 Å². The summed E-state index contributed by atoms with van der Waals surface area (Å²) < 4.78 is 10.7. The van der Waals surface area contributed by atoms with Gasteiger partial charge in [-0.25, -0.2) is 0 Å². The van der Waals surface area contributed by atoms with Gasteiger partial charge in [-0.3, -0.25) is 14.6 Å². The molecule has 0 bridgehead atoms. The zero-order chi connectivity index (χ0) is 19.1. The second-order valence-corrected chi connectivity index (χ2v) is 6.21. The summed E-state index contributed by atoms with van der Waals surface area (Å²) in [6.07, 6.45) is 3.54. The molecule has 3 rings (SSSR count). The lowest BCUT2D eigenvalue weighted by Crippen LogP contribution is -2.30. The molecule has 27 heavy (non-hydrogen) atoms. The Kier molecular flexibility index (Phi) is 6.25. The van der Waals surface area contributed by atoms with Crippen LogP contribution in [0.15, 0.2) is 42.6 Å². The summed E-state index contributed by atoms with van der Waals surface area (Å²) in [6, 6.07) is 10.4. The first-order chi connectivity index (χ1) is 13.2. The van der Waals surface area contributed by atoms with Gasteiger partial charge in [-0.1, -0.05) is 0 Å². The first-order valence-electron chi connectivity index (χ1n) is 8.98. The maximum Gasteiger partial charge on any atom is 0.270 e. The summed E-state index contributed by atoms with van der Waals surface area (Å²) in [7, 11) is 1.60. The molecule has 0 aliphatic carbocycles. The minimum absolute atomic E-state index is 0.0493. The molecule has 2 amide bonds. The average Bonchev–Trinajstić information content (AvgIpc) is 3.26. The van der Waals surface area contributed by atoms with Gasteiger partial charge >= 0.3 is 0 Å². The van der Waals surface area contributed by atoms with E-state index >= 15 is 0 Å². The lowest BCUT2D eigenvalue weighted by atomic mass is 10.2. The van der Waals surface area contributed by atoms with Gasteiger partial charge in [0.1, 0.15) is 23.8 Å². The Balaban J connectivity index is 1.48. The zero-order valence-corrected chi connectivity index (χ0v) is 15.3. The van der Waals surface area contributed by atoms with Crippen molar-refractivity contribution in [3.05, 3.63) is 53.9 Å². The highest BCUT2D eigenvalue weighted by Gasteiger charge is 2.20. The number of nitrogens with one attached hydrogen (secondary N) is 1. The van der Waals surface area contributed by atoms with Gasteiger partial charge in [0.15, 0.2) is 0 Å². The Hall–Kier alpha value is -3.09. The molecule has 7 nitrogen and oxygen atoms in total. The Morgan fingerprint density at radius 1 is 1.11 bits per heavy atom. The van der Waals surface area contributed by atoms with Crippen LogP contribution in [0.3, 0.4) is 0 Å². The third-order valence-corrected chi connectivity index (χ3v) is 4.35. The van der Waals surface area contributed by atoms with Crippen LogP contribution < -0.4 is 14.8 Å². The lowest BCUT2D eigenvalue weighted by Gasteiger charge is -2.15. The lowest BCUT2D eigenvalue weighted by molar-refractivity contribution is 0.0792. The van der Waals surface area contributed by atoms with Crippen LogP contribution in [0.1, 0.15) is 33.7 Å². The zero-order valence-electron chi connectivity index (χ0n) is 15.3. The Morgan fingerprint density at radius 2 is 1.81 bits per heavy atom. The summed E-state index contributed by atoms with van der Waals surface area (Å²) in [5.41, 5.74) is 0.719. The summed E-state index contributed by atoms with van der Waals surface area (Å²) in [5, 5.41) is 2.75. The highest BCUT2D eigenvalue weighted by molar-refractivity contribution is 5.98. The van der Waals surface area contributed by atoms with E-state index in [0.717, 1.165) is 31.7 Å². The predicted molar refractivity (Wildman–Crippen MR) is 100 cm³/mol. The molecule has 1 N–H and O–H groups in total. The standard InChI is InChI=1S/C20H23N3O4/c1-26-16-4-6-17(7-5-16)27-13-10-22-19(24)18-14-15(8-9-21-18)20(25)23-11-2-3-12-23/h4-9,14H,2-3,10-13H2,1H3,(H,22,24). The molecular weight excluding hydrogens is 346 g/mol. The molecule has 142 valence electrons. The monoisotopic (exact) mass is 369 g/mol. The largest absolute Gasteiger partial charge is 0.497 e. The highest BCUT2D eigenvalue weighted by Crippen LogP contribution is 2.16. The Bertz CT molecular complexity index is 786. The van der Waals surface area contributed by atoms with Crippen LogP contribution in [-0.2, 0) is 0 Å². The van der Waals surface area contributed by atoms with Crippen LogP contribution in [0.2, 0.25) is 0 Å². The van der Waals surface area contributed by atoms with Crippen molar-refractivity contribution in [2.75, 3.05) is 33.4 Å². The quantitative estimate of drug-likeness (QED) is 0.757. The molecule has 0 unspecified atom stereocenters. The minimum atomic E-state index is -0.329. The number of amides is 2. The summed E-state index contributed by atoms with van der Waals surface area (Å²) in [5.74, 6) is 1.07. The van der Waals surface area contributed by atoms with Crippen LogP contribution in [0.25, 0.3) is 0 Å². The van der Waals surface area contributed by atoms with Gasteiger partial charge in [0.25, 0.3) is 11.8 Å². The molecule has 1 saturated heterocycles. The van der Waals surface area contributed by atoms with Crippen molar-refractivity contribution in [3.8, 4) is 11.5 Å². The molecule has 1 fully saturated rings. The first-order valence-corrected chi connectivity index (χ1v) is 8.98. The van der Waals surface area contributed by atoms with Gasteiger partial charge in [-0.05, 0) is 49.2 Å². The number of rotatable bonds is 7. The number of hydrogen-bond donors (Lipinski definition) is 1. The molecule has 1 aliphatic rings. The van der Waals surface area contributed by atoms with E-state index in [4.69, 9.17) is 9.47 Å². The maximum absolute atomic E-state index is 12.4. The Morgan fingerprint density at radius 3 is 2.52 bits per heavy atom. The minimum Gasteiger partial charge on any atom is -0.497 e. The van der Waals surface area contributed by atoms with E-state index in [0.29, 0.717) is 24.5 Å². The number of pyridine rings is 1. The number of benzene rings is 1. The summed E-state index contributed by atoms with van der Waals surface area (Å²) in [4.78, 5) is 30.6. The number of hydrogen-bond acceptors (Lipinski definition) is 5. The third-order valence-electron chi connectivity index (χ3n) is 4.35. The number of aromatic nitrogens is 1. The second-order valence-electron chi connectivity index (χ2n) is 6.21. The molecule has 0 spiro atoms. The fourth-order valence-corrected chi connectivity index (χ4v) is 2.89. The Labute approximate surface area is 158 Å². The topological polar surface area (TPSA) is 80.8 Å². The number of likely N-dealkylation sites (tertiary alicyclic amines) is 1. The summed E-state index contributed by atoms with van der Waals surface area (Å²) in [6.45, 7) is 2.19. The SMILES string of the molecule is COc1ccc(OCCNC(=O)c2cc(C(=O)N3CCCC3)ccn2)cc1. The van der Waals surface area contributed by atoms with E-state index in [1.807, 2.05) is 0 Å². The normalized spacial score (nSPS) is 13.3. The number of ether oxygens (including phenoxy) is 2. The first kappa shape index (κ1) is 18.7. The predicted octanol–water partition coefficient (Wildman–Crippen LogP) is 2.13. The summed E-state index contributed by atoms with van der Waals surface area (Å²) >= 11 is 0. The molecular formula is C20H23N3O4. The second kappa shape index (κ2) is 9.02. The van der Waals surface area contributed by atoms with E-state index in [1.54, 1.807) is 48.4 Å². The van der Waals surface area contributed by atoms with Gasteiger partial charge in [-0.2, -0.15) is 0 Å². The number of methoxy groups -OCH3 is 1. The molecule has 2 heterocycles. The van der Waals surface area contributed by atoms with Crippen LogP contribution in [0.4, 0.5) is 0 Å². The fraction of sp³-hybridized carbons (Fsp3) is 0.350. The average molecular weight is 369 g/mol. The molecule has 1 aromatic carbocycles. The van der Waals surface area contributed by atoms with Crippen LogP contribution in [0.5, 0.6) is 11.5 Å². The smallest absolute Gasteiger partial charge is 0.270 e. The van der Waals surface area contributed by atoms with Gasteiger partial charge in [0, 0.05) is 24.8 Å². The molecule has 1 aromatic heterocycles. The van der Waals surface area contributed by atoms with Crippen LogP contribution >= 0.6 is 0 Å². The van der Waals surface area contributed by atoms with Crippen molar-refractivity contribution >= 4 is 11.8 Å². The third kappa shape index (κ3) is 4.97. The fourth-order valence-electron chi connectivity index (χ4n) is 2.89. The van der Waals surface area contributed by atoms with Gasteiger partial charge in [-0.15, -0.1) is 0 Å². The number of carbonyl (C=O) groups is 2. The molecule has 0 atom stereocenters. The van der Waals surface area contributed by atoms with Crippen LogP contribution in [-0.4, -0.2) is 55.0 Å². The van der Waals surface area contributed by atoms with Crippen molar-refractivity contribution in [3.63, 3.8) is 0 Å². The molecule has 7 heteroatoms. The van der Waals surface area contributed by atoms with E-state index in [1.165, 1.54) is 6.20 Å². The van der Waals surface area contributed by atoms with E-state index < -0.39 is 0 Å². The maximum atomic E-state index is 12.4. The molecule has 1 aliphatic heterocycles. The number of carbonyl (C=O) groups excluding carboxylic acids is 2. The van der Waals surface area contributed by atoms with E-state index in [2.05, 4.69) is 10.3 Å². The molecule has 2 aromatic rings. The van der Waals surface area contributed by atoms with Crippen molar-refractivity contribution in [2.24, 2.45) is 0 Å². The molecule has 0 radical (unpaired) electrons. The van der Waals surface area contributed by atoms with E-state index in [-0.39, 0.29) is 17.5 Å². The van der Waals surface area contributed by atoms with Crippen molar-refractivity contribution in [1.29, 1.82) is 0 Å².